The summed E-state index contributed by atoms with van der Waals surface area (Å²) in [6.07, 6.45) is 1.57. The summed E-state index contributed by atoms with van der Waals surface area (Å²) < 4.78 is 13.3. The van der Waals surface area contributed by atoms with Gasteiger partial charge in [-0.1, -0.05) is 35.4 Å². The van der Waals surface area contributed by atoms with Gasteiger partial charge in [0, 0.05) is 11.9 Å². The largest absolute Gasteiger partial charge is 0.388 e. The molecule has 1 aromatic heterocycles. The van der Waals surface area contributed by atoms with Crippen LogP contribution in [0.15, 0.2) is 30.5 Å². The standard InChI is InChI=1S/C12H8Cl2FN3S/c13-7-4-6(5-8(14)10(7)15)18-9-2-1-3-17-11(9)12(16)19/h1-5,18H,(H2,16,19). The third-order valence-electron chi connectivity index (χ3n) is 2.30. The molecule has 3 nitrogen and oxygen atoms in total. The minimum absolute atomic E-state index is 0.0734. The molecule has 7 heteroatoms. The van der Waals surface area contributed by atoms with Gasteiger partial charge in [-0.25, -0.2) is 4.39 Å². The highest BCUT2D eigenvalue weighted by atomic mass is 35.5. The van der Waals surface area contributed by atoms with Crippen molar-refractivity contribution in [1.29, 1.82) is 0 Å². The summed E-state index contributed by atoms with van der Waals surface area (Å²) in [5.74, 6) is -0.658. The van der Waals surface area contributed by atoms with Crippen molar-refractivity contribution < 1.29 is 4.39 Å². The molecule has 0 aliphatic heterocycles. The van der Waals surface area contributed by atoms with Gasteiger partial charge in [0.2, 0.25) is 0 Å². The molecule has 1 heterocycles. The van der Waals surface area contributed by atoms with Crippen LogP contribution >= 0.6 is 35.4 Å². The van der Waals surface area contributed by atoms with Crippen molar-refractivity contribution in [3.8, 4) is 0 Å². The predicted octanol–water partition coefficient (Wildman–Crippen LogP) is 3.91. The molecule has 2 rings (SSSR count). The third kappa shape index (κ3) is 3.12. The van der Waals surface area contributed by atoms with Gasteiger partial charge in [0.15, 0.2) is 5.82 Å². The highest BCUT2D eigenvalue weighted by molar-refractivity contribution is 7.80. The Hall–Kier alpha value is -1.43. The molecule has 0 spiro atoms. The molecule has 98 valence electrons. The van der Waals surface area contributed by atoms with Gasteiger partial charge in [-0.2, -0.15) is 0 Å². The van der Waals surface area contributed by atoms with E-state index in [4.69, 9.17) is 41.2 Å². The van der Waals surface area contributed by atoms with E-state index in [1.165, 1.54) is 12.1 Å². The fourth-order valence-electron chi connectivity index (χ4n) is 1.49. The average Bonchev–Trinajstić information content (AvgIpc) is 2.36. The van der Waals surface area contributed by atoms with Crippen LogP contribution in [-0.2, 0) is 0 Å². The lowest BCUT2D eigenvalue weighted by atomic mass is 10.2. The number of aromatic nitrogens is 1. The molecule has 3 N–H and O–H groups in total. The van der Waals surface area contributed by atoms with Crippen molar-refractivity contribution in [2.45, 2.75) is 0 Å². The van der Waals surface area contributed by atoms with Gasteiger partial charge in [0.05, 0.1) is 15.7 Å². The molecular weight excluding hydrogens is 308 g/mol. The van der Waals surface area contributed by atoms with Crippen molar-refractivity contribution >= 4 is 51.8 Å². The Labute approximate surface area is 124 Å². The number of pyridine rings is 1. The first-order chi connectivity index (χ1) is 8.99. The van der Waals surface area contributed by atoms with Gasteiger partial charge in [-0.05, 0) is 24.3 Å². The van der Waals surface area contributed by atoms with Crippen molar-refractivity contribution in [1.82, 2.24) is 4.98 Å². The molecule has 0 bridgehead atoms. The monoisotopic (exact) mass is 315 g/mol. The van der Waals surface area contributed by atoms with E-state index in [1.54, 1.807) is 18.3 Å². The zero-order valence-corrected chi connectivity index (χ0v) is 11.8. The Morgan fingerprint density at radius 2 is 1.95 bits per heavy atom. The van der Waals surface area contributed by atoms with Gasteiger partial charge in [0.1, 0.15) is 10.7 Å². The average molecular weight is 316 g/mol. The van der Waals surface area contributed by atoms with Crippen LogP contribution in [0.4, 0.5) is 15.8 Å². The van der Waals surface area contributed by atoms with Crippen LogP contribution < -0.4 is 11.1 Å². The summed E-state index contributed by atoms with van der Waals surface area (Å²) in [6.45, 7) is 0. The fraction of sp³-hybridized carbons (Fsp3) is 0. The number of halogens is 3. The van der Waals surface area contributed by atoms with Crippen molar-refractivity contribution in [2.75, 3.05) is 5.32 Å². The Kier molecular flexibility index (Phi) is 4.19. The molecular formula is C12H8Cl2FN3S. The van der Waals surface area contributed by atoms with Crippen LogP contribution in [0.3, 0.4) is 0 Å². The fourth-order valence-corrected chi connectivity index (χ4v) is 2.14. The molecule has 1 aromatic carbocycles. The Bertz CT molecular complexity index is 626. The van der Waals surface area contributed by atoms with Crippen LogP contribution in [0.5, 0.6) is 0 Å². The minimum Gasteiger partial charge on any atom is -0.388 e. The topological polar surface area (TPSA) is 50.9 Å². The number of benzene rings is 1. The Morgan fingerprint density at radius 1 is 1.32 bits per heavy atom. The molecule has 0 saturated carbocycles. The van der Waals surface area contributed by atoms with E-state index < -0.39 is 5.82 Å². The SMILES string of the molecule is NC(=S)c1ncccc1Nc1cc(Cl)c(F)c(Cl)c1. The Balaban J connectivity index is 2.39. The van der Waals surface area contributed by atoms with E-state index in [0.717, 1.165) is 0 Å². The second-order valence-corrected chi connectivity index (χ2v) is 4.90. The van der Waals surface area contributed by atoms with E-state index in [9.17, 15) is 4.39 Å². The van der Waals surface area contributed by atoms with Gasteiger partial charge in [-0.15, -0.1) is 0 Å². The van der Waals surface area contributed by atoms with E-state index in [-0.39, 0.29) is 15.0 Å². The van der Waals surface area contributed by atoms with E-state index in [0.29, 0.717) is 17.1 Å². The summed E-state index contributed by atoms with van der Waals surface area (Å²) in [7, 11) is 0. The van der Waals surface area contributed by atoms with Crippen LogP contribution in [0.25, 0.3) is 0 Å². The van der Waals surface area contributed by atoms with Crippen molar-refractivity contribution in [2.24, 2.45) is 5.73 Å². The lowest BCUT2D eigenvalue weighted by Crippen LogP contribution is -2.13. The number of anilines is 2. The van der Waals surface area contributed by atoms with E-state index >= 15 is 0 Å². The number of thiocarbonyl (C=S) groups is 1. The first-order valence-electron chi connectivity index (χ1n) is 5.15. The van der Waals surface area contributed by atoms with Crippen molar-refractivity contribution in [3.05, 3.63) is 52.0 Å². The predicted molar refractivity (Wildman–Crippen MR) is 79.8 cm³/mol. The molecule has 0 atom stereocenters. The van der Waals surface area contributed by atoms with Gasteiger partial charge in [0.25, 0.3) is 0 Å². The molecule has 0 unspecified atom stereocenters. The maximum absolute atomic E-state index is 13.3. The number of hydrogen-bond donors (Lipinski definition) is 2. The summed E-state index contributed by atoms with van der Waals surface area (Å²) >= 11 is 16.3. The second kappa shape index (κ2) is 5.69. The van der Waals surface area contributed by atoms with Gasteiger partial charge < -0.3 is 11.1 Å². The lowest BCUT2D eigenvalue weighted by molar-refractivity contribution is 0.629. The highest BCUT2D eigenvalue weighted by Crippen LogP contribution is 2.29. The second-order valence-electron chi connectivity index (χ2n) is 3.64. The molecule has 19 heavy (non-hydrogen) atoms. The highest BCUT2D eigenvalue weighted by Gasteiger charge is 2.10. The molecule has 0 radical (unpaired) electrons. The van der Waals surface area contributed by atoms with E-state index in [2.05, 4.69) is 10.3 Å². The molecule has 0 aliphatic rings. The zero-order chi connectivity index (χ0) is 14.0. The molecule has 0 amide bonds. The number of nitrogens with zero attached hydrogens (tertiary/aromatic N) is 1. The summed E-state index contributed by atoms with van der Waals surface area (Å²) in [4.78, 5) is 4.22. The zero-order valence-electron chi connectivity index (χ0n) is 9.45. The normalized spacial score (nSPS) is 10.3. The summed E-state index contributed by atoms with van der Waals surface area (Å²) in [5.41, 5.74) is 7.11. The first kappa shape index (κ1) is 14.0. The number of hydrogen-bond acceptors (Lipinski definition) is 3. The summed E-state index contributed by atoms with van der Waals surface area (Å²) in [5, 5.41) is 2.85. The maximum atomic E-state index is 13.3. The molecule has 0 aliphatic carbocycles. The smallest absolute Gasteiger partial charge is 0.160 e. The molecule has 0 fully saturated rings. The van der Waals surface area contributed by atoms with Crippen LogP contribution in [-0.4, -0.2) is 9.97 Å². The first-order valence-corrected chi connectivity index (χ1v) is 6.32. The number of nitrogens with one attached hydrogen (secondary N) is 1. The lowest BCUT2D eigenvalue weighted by Gasteiger charge is -2.11. The minimum atomic E-state index is -0.658. The maximum Gasteiger partial charge on any atom is 0.160 e. The van der Waals surface area contributed by atoms with Crippen LogP contribution in [0.1, 0.15) is 5.69 Å². The molecule has 0 saturated heterocycles. The molecule has 2 aromatic rings. The van der Waals surface area contributed by atoms with Gasteiger partial charge in [-0.3, -0.25) is 4.98 Å². The summed E-state index contributed by atoms with van der Waals surface area (Å²) in [6, 6.07) is 6.29. The Morgan fingerprint density at radius 3 is 2.53 bits per heavy atom. The quantitative estimate of drug-likeness (QED) is 0.666. The van der Waals surface area contributed by atoms with Crippen LogP contribution in [0, 0.1) is 5.82 Å². The van der Waals surface area contributed by atoms with Gasteiger partial charge >= 0.3 is 0 Å². The number of nitrogens with two attached hydrogens (primary N) is 1. The third-order valence-corrected chi connectivity index (χ3v) is 3.05. The number of rotatable bonds is 3. The van der Waals surface area contributed by atoms with Crippen molar-refractivity contribution in [3.63, 3.8) is 0 Å². The van der Waals surface area contributed by atoms with E-state index in [1.807, 2.05) is 0 Å². The van der Waals surface area contributed by atoms with Crippen LogP contribution in [0.2, 0.25) is 10.0 Å².